The third kappa shape index (κ3) is 4.01. The molecule has 2 N–H and O–H groups in total. The number of benzene rings is 1. The minimum Gasteiger partial charge on any atom is -0.467 e. The fraction of sp³-hybridized carbons (Fsp3) is 0.375. The molecule has 2 atom stereocenters. The van der Waals surface area contributed by atoms with Crippen molar-refractivity contribution < 1.29 is 9.53 Å². The van der Waals surface area contributed by atoms with Gasteiger partial charge >= 0.3 is 6.01 Å². The Morgan fingerprint density at radius 2 is 1.94 bits per heavy atom. The van der Waals surface area contributed by atoms with Gasteiger partial charge in [-0.3, -0.25) is 9.48 Å². The number of methoxy groups -OCH3 is 1. The number of piperazine rings is 1. The zero-order valence-corrected chi connectivity index (χ0v) is 20.0. The average Bonchev–Trinajstić information content (AvgIpc) is 3.18. The van der Waals surface area contributed by atoms with Crippen LogP contribution in [-0.4, -0.2) is 62.9 Å². The summed E-state index contributed by atoms with van der Waals surface area (Å²) in [6.45, 7) is 7.92. The van der Waals surface area contributed by atoms with Crippen molar-refractivity contribution >= 4 is 39.2 Å². The summed E-state index contributed by atoms with van der Waals surface area (Å²) in [7, 11) is 3.37. The Balaban J connectivity index is 1.54. The van der Waals surface area contributed by atoms with Gasteiger partial charge in [0.25, 0.3) is 5.91 Å². The van der Waals surface area contributed by atoms with E-state index in [-0.39, 0.29) is 11.9 Å². The zero-order valence-electron chi connectivity index (χ0n) is 20.0. The number of ether oxygens (including phenoxy) is 1. The maximum absolute atomic E-state index is 13.4. The van der Waals surface area contributed by atoms with E-state index in [9.17, 15) is 4.79 Å². The fourth-order valence-corrected chi connectivity index (χ4v) is 4.72. The van der Waals surface area contributed by atoms with Crippen LogP contribution in [0.25, 0.3) is 21.8 Å². The number of fused-ring (bicyclic) bond motifs is 2. The number of anilines is 2. The average molecular weight is 461 g/mol. The molecule has 1 aliphatic rings. The molecular weight excluding hydrogens is 432 g/mol. The van der Waals surface area contributed by atoms with E-state index < -0.39 is 0 Å². The van der Waals surface area contributed by atoms with Gasteiger partial charge in [-0.2, -0.15) is 10.1 Å². The van der Waals surface area contributed by atoms with Gasteiger partial charge in [0.1, 0.15) is 11.3 Å². The molecule has 0 saturated carbocycles. The molecule has 3 aromatic heterocycles. The SMILES string of the molecule is COc1ncc2c(N3C[C@H](C)N[C@@H](C)C3)ccc(C(=O)Nc3cc4cn(C)nc4c(C)n3)c2n1. The van der Waals surface area contributed by atoms with Crippen molar-refractivity contribution in [1.29, 1.82) is 0 Å². The van der Waals surface area contributed by atoms with Gasteiger partial charge in [0, 0.05) is 61.1 Å². The molecule has 1 saturated heterocycles. The van der Waals surface area contributed by atoms with Gasteiger partial charge in [-0.05, 0) is 39.0 Å². The summed E-state index contributed by atoms with van der Waals surface area (Å²) >= 11 is 0. The van der Waals surface area contributed by atoms with E-state index in [1.807, 2.05) is 38.4 Å². The number of rotatable bonds is 4. The van der Waals surface area contributed by atoms with Crippen LogP contribution in [-0.2, 0) is 7.05 Å². The second-order valence-corrected chi connectivity index (χ2v) is 8.91. The Morgan fingerprint density at radius 1 is 1.18 bits per heavy atom. The van der Waals surface area contributed by atoms with E-state index in [2.05, 4.69) is 49.4 Å². The number of amides is 1. The first-order chi connectivity index (χ1) is 16.3. The van der Waals surface area contributed by atoms with Gasteiger partial charge in [-0.15, -0.1) is 0 Å². The maximum atomic E-state index is 13.4. The lowest BCUT2D eigenvalue weighted by Gasteiger charge is -2.38. The van der Waals surface area contributed by atoms with Crippen LogP contribution >= 0.6 is 0 Å². The standard InChI is InChI=1S/C24H28N8O2/c1-13-10-32(11-14(2)26-13)19-7-6-17(22-18(19)9-25-24(29-22)34-5)23(33)28-20-8-16-12-31(4)30-21(16)15(3)27-20/h6-9,12-14,26H,10-11H2,1-5H3,(H,28,33)/t13-,14-/m0/s1. The zero-order chi connectivity index (χ0) is 24.0. The van der Waals surface area contributed by atoms with Crippen molar-refractivity contribution in [3.8, 4) is 6.01 Å². The summed E-state index contributed by atoms with van der Waals surface area (Å²) in [5, 5.41) is 12.6. The van der Waals surface area contributed by atoms with E-state index in [1.54, 1.807) is 10.9 Å². The summed E-state index contributed by atoms with van der Waals surface area (Å²) in [6, 6.07) is 6.51. The number of pyridine rings is 1. The van der Waals surface area contributed by atoms with Gasteiger partial charge in [0.2, 0.25) is 0 Å². The van der Waals surface area contributed by atoms with Crippen molar-refractivity contribution in [3.05, 3.63) is 41.9 Å². The fourth-order valence-electron chi connectivity index (χ4n) is 4.72. The summed E-state index contributed by atoms with van der Waals surface area (Å²) in [5.74, 6) is 0.167. The molecule has 5 rings (SSSR count). The number of aryl methyl sites for hydroxylation is 2. The highest BCUT2D eigenvalue weighted by Crippen LogP contribution is 2.31. The molecule has 34 heavy (non-hydrogen) atoms. The Morgan fingerprint density at radius 3 is 2.68 bits per heavy atom. The molecule has 10 nitrogen and oxygen atoms in total. The molecule has 176 valence electrons. The van der Waals surface area contributed by atoms with Gasteiger partial charge in [-0.1, -0.05) is 0 Å². The molecule has 0 radical (unpaired) electrons. The Hall–Kier alpha value is -3.79. The van der Waals surface area contributed by atoms with Gasteiger partial charge in [0.05, 0.1) is 23.9 Å². The van der Waals surface area contributed by atoms with Crippen LogP contribution in [0.2, 0.25) is 0 Å². The first-order valence-electron chi connectivity index (χ1n) is 11.3. The minimum atomic E-state index is -0.297. The Labute approximate surface area is 197 Å². The highest BCUT2D eigenvalue weighted by atomic mass is 16.5. The Bertz CT molecular complexity index is 1390. The number of aromatic nitrogens is 5. The predicted octanol–water partition coefficient (Wildman–Crippen LogP) is 2.67. The summed E-state index contributed by atoms with van der Waals surface area (Å²) < 4.78 is 7.00. The second-order valence-electron chi connectivity index (χ2n) is 8.91. The smallest absolute Gasteiger partial charge is 0.316 e. The minimum absolute atomic E-state index is 0.214. The first-order valence-corrected chi connectivity index (χ1v) is 11.3. The van der Waals surface area contributed by atoms with Crippen molar-refractivity contribution in [1.82, 2.24) is 30.0 Å². The number of hydrogen-bond acceptors (Lipinski definition) is 8. The normalized spacial score (nSPS) is 18.4. The molecule has 4 heterocycles. The van der Waals surface area contributed by atoms with Crippen molar-refractivity contribution in [2.45, 2.75) is 32.9 Å². The van der Waals surface area contributed by atoms with Crippen LogP contribution < -0.4 is 20.3 Å². The molecule has 1 fully saturated rings. The number of carbonyl (C=O) groups is 1. The third-order valence-electron chi connectivity index (χ3n) is 6.05. The number of hydrogen-bond donors (Lipinski definition) is 2. The van der Waals surface area contributed by atoms with E-state index in [4.69, 9.17) is 4.74 Å². The van der Waals surface area contributed by atoms with Gasteiger partial charge < -0.3 is 20.3 Å². The molecular formula is C24H28N8O2. The van der Waals surface area contributed by atoms with E-state index in [0.29, 0.717) is 29.0 Å². The number of nitrogens with one attached hydrogen (secondary N) is 2. The molecule has 4 aromatic rings. The number of nitrogens with zero attached hydrogens (tertiary/aromatic N) is 6. The van der Waals surface area contributed by atoms with Crippen LogP contribution in [0.5, 0.6) is 6.01 Å². The lowest BCUT2D eigenvalue weighted by Crippen LogP contribution is -2.54. The lowest BCUT2D eigenvalue weighted by molar-refractivity contribution is 0.102. The topological polar surface area (TPSA) is 110 Å². The van der Waals surface area contributed by atoms with Gasteiger partial charge in [0.15, 0.2) is 0 Å². The molecule has 0 aliphatic carbocycles. The molecule has 0 spiro atoms. The van der Waals surface area contributed by atoms with E-state index in [1.165, 1.54) is 7.11 Å². The summed E-state index contributed by atoms with van der Waals surface area (Å²) in [5.41, 5.74) is 3.54. The highest BCUT2D eigenvalue weighted by Gasteiger charge is 2.25. The highest BCUT2D eigenvalue weighted by molar-refractivity contribution is 6.13. The first kappa shape index (κ1) is 22.0. The third-order valence-corrected chi connectivity index (χ3v) is 6.05. The van der Waals surface area contributed by atoms with Gasteiger partial charge in [-0.25, -0.2) is 9.97 Å². The van der Waals surface area contributed by atoms with Crippen LogP contribution in [0, 0.1) is 6.92 Å². The van der Waals surface area contributed by atoms with Crippen LogP contribution in [0.1, 0.15) is 29.9 Å². The monoisotopic (exact) mass is 460 g/mol. The van der Waals surface area contributed by atoms with Crippen LogP contribution in [0.15, 0.2) is 30.6 Å². The summed E-state index contributed by atoms with van der Waals surface area (Å²) in [6.07, 6.45) is 3.63. The molecule has 0 unspecified atom stereocenters. The lowest BCUT2D eigenvalue weighted by atomic mass is 10.0. The molecule has 0 bridgehead atoms. The Kier molecular flexibility index (Phi) is 5.52. The summed E-state index contributed by atoms with van der Waals surface area (Å²) in [4.78, 5) is 29.1. The van der Waals surface area contributed by atoms with E-state index in [0.717, 1.165) is 40.8 Å². The molecule has 10 heteroatoms. The van der Waals surface area contributed by atoms with Crippen molar-refractivity contribution in [3.63, 3.8) is 0 Å². The quantitative estimate of drug-likeness (QED) is 0.478. The predicted molar refractivity (Wildman–Crippen MR) is 132 cm³/mol. The second kappa shape index (κ2) is 8.53. The van der Waals surface area contributed by atoms with Crippen LogP contribution in [0.3, 0.4) is 0 Å². The molecule has 1 aliphatic heterocycles. The van der Waals surface area contributed by atoms with E-state index >= 15 is 0 Å². The largest absolute Gasteiger partial charge is 0.467 e. The molecule has 1 aromatic carbocycles. The van der Waals surface area contributed by atoms with Crippen LogP contribution in [0.4, 0.5) is 11.5 Å². The van der Waals surface area contributed by atoms with Crippen molar-refractivity contribution in [2.24, 2.45) is 7.05 Å². The number of carbonyl (C=O) groups excluding carboxylic acids is 1. The van der Waals surface area contributed by atoms with Crippen molar-refractivity contribution in [2.75, 3.05) is 30.4 Å². The maximum Gasteiger partial charge on any atom is 0.316 e. The molecule has 1 amide bonds.